The Kier molecular flexibility index (Phi) is 6.32. The minimum Gasteiger partial charge on any atom is -0.493 e. The van der Waals surface area contributed by atoms with Crippen molar-refractivity contribution in [3.8, 4) is 11.5 Å². The van der Waals surface area contributed by atoms with Crippen molar-refractivity contribution in [2.24, 2.45) is 11.8 Å². The van der Waals surface area contributed by atoms with Crippen LogP contribution < -0.4 is 9.47 Å². The average molecular weight is 567 g/mol. The lowest BCUT2D eigenvalue weighted by Gasteiger charge is -2.64. The molecule has 216 valence electrons. The summed E-state index contributed by atoms with van der Waals surface area (Å²) in [5.41, 5.74) is 1.45. The highest BCUT2D eigenvalue weighted by atomic mass is 32.2. The minimum atomic E-state index is -3.66. The Bertz CT molecular complexity index is 1390. The lowest BCUT2D eigenvalue weighted by molar-refractivity contribution is -0.196. The first kappa shape index (κ1) is 26.7. The zero-order valence-electron chi connectivity index (χ0n) is 23.9. The Morgan fingerprint density at radius 2 is 1.90 bits per heavy atom. The Morgan fingerprint density at radius 3 is 2.60 bits per heavy atom. The lowest BCUT2D eigenvalue weighted by Crippen LogP contribution is -2.78. The molecule has 3 aliphatic carbocycles. The number of ether oxygens (including phenoxy) is 2. The molecule has 2 bridgehead atoms. The van der Waals surface area contributed by atoms with E-state index in [0.29, 0.717) is 25.1 Å². The highest BCUT2D eigenvalue weighted by molar-refractivity contribution is 7.88. The van der Waals surface area contributed by atoms with E-state index in [9.17, 15) is 13.5 Å². The maximum Gasteiger partial charge on any atom is 0.218 e. The number of rotatable bonds is 9. The number of nitrogens with zero attached hydrogens (tertiary/aromatic N) is 2. The topological polar surface area (TPSA) is 79.3 Å². The third-order valence-corrected chi connectivity index (χ3v) is 12.2. The van der Waals surface area contributed by atoms with Gasteiger partial charge in [0.05, 0.1) is 29.9 Å². The fourth-order valence-electron chi connectivity index (χ4n) is 8.58. The van der Waals surface area contributed by atoms with Crippen LogP contribution in [0.25, 0.3) is 0 Å². The Morgan fingerprint density at radius 1 is 1.12 bits per heavy atom. The first-order chi connectivity index (χ1) is 19.2. The molecule has 0 aromatic heterocycles. The van der Waals surface area contributed by atoms with Gasteiger partial charge in [-0.15, -0.1) is 0 Å². The SMILES string of the molecule is COc1ccc2c3c1OC1C(N(CC(C)C)S(=O)(=O)Cc4ccccc4)CC[C@@]4(O)[C@@H](C2)N(CC2CC2)CC[C@]314. The molecule has 1 spiro atoms. The summed E-state index contributed by atoms with van der Waals surface area (Å²) >= 11 is 0. The summed E-state index contributed by atoms with van der Waals surface area (Å²) in [5, 5.41) is 12.9. The molecule has 2 saturated carbocycles. The molecule has 3 fully saturated rings. The Balaban J connectivity index is 1.34. The molecule has 2 aromatic rings. The highest BCUT2D eigenvalue weighted by Crippen LogP contribution is 2.66. The monoisotopic (exact) mass is 566 g/mol. The van der Waals surface area contributed by atoms with E-state index in [1.54, 1.807) is 11.4 Å². The number of likely N-dealkylation sites (tertiary alicyclic amines) is 1. The third kappa shape index (κ3) is 3.89. The van der Waals surface area contributed by atoms with Crippen LogP contribution in [0, 0.1) is 11.8 Å². The number of sulfonamides is 1. The quantitative estimate of drug-likeness (QED) is 0.492. The third-order valence-electron chi connectivity index (χ3n) is 10.4. The Hall–Kier alpha value is -2.13. The predicted molar refractivity (Wildman–Crippen MR) is 154 cm³/mol. The summed E-state index contributed by atoms with van der Waals surface area (Å²) in [4.78, 5) is 2.55. The highest BCUT2D eigenvalue weighted by Gasteiger charge is 2.73. The van der Waals surface area contributed by atoms with Gasteiger partial charge in [0.25, 0.3) is 0 Å². The number of benzene rings is 2. The van der Waals surface area contributed by atoms with Crippen molar-refractivity contribution in [1.29, 1.82) is 0 Å². The molecule has 40 heavy (non-hydrogen) atoms. The zero-order chi connectivity index (χ0) is 27.9. The number of hydrogen-bond acceptors (Lipinski definition) is 6. The molecule has 7 nitrogen and oxygen atoms in total. The van der Waals surface area contributed by atoms with Crippen molar-refractivity contribution < 1.29 is 23.0 Å². The Labute approximate surface area is 238 Å². The van der Waals surface area contributed by atoms with Gasteiger partial charge in [-0.3, -0.25) is 4.90 Å². The number of methoxy groups -OCH3 is 1. The van der Waals surface area contributed by atoms with E-state index in [-0.39, 0.29) is 23.8 Å². The van der Waals surface area contributed by atoms with Gasteiger partial charge in [-0.2, -0.15) is 4.31 Å². The van der Waals surface area contributed by atoms with E-state index in [4.69, 9.17) is 9.47 Å². The lowest BCUT2D eigenvalue weighted by atomic mass is 9.48. The van der Waals surface area contributed by atoms with Gasteiger partial charge in [-0.25, -0.2) is 8.42 Å². The van der Waals surface area contributed by atoms with E-state index >= 15 is 0 Å². The standard InChI is InChI=1S/C32H42N2O5S/c1-21(2)18-34(40(36,37)20-23-7-5-4-6-8-23)25-13-14-32(35)27-17-24-11-12-26(38-3)29-28(24)31(32,30(25)39-29)15-16-33(27)19-22-9-10-22/h4-8,11-12,21-22,25,27,30,35H,9-10,13-20H2,1-3H3/t25?,27-,30?,31+,32-/m1/s1. The second-order valence-corrected chi connectivity index (χ2v) is 15.2. The van der Waals surface area contributed by atoms with Gasteiger partial charge in [0, 0.05) is 24.7 Å². The van der Waals surface area contributed by atoms with E-state index in [2.05, 4.69) is 24.8 Å². The normalized spacial score (nSPS) is 32.7. The van der Waals surface area contributed by atoms with Gasteiger partial charge in [0.2, 0.25) is 10.0 Å². The van der Waals surface area contributed by atoms with Crippen molar-refractivity contribution >= 4 is 10.0 Å². The summed E-state index contributed by atoms with van der Waals surface area (Å²) in [6.07, 6.45) is 4.78. The van der Waals surface area contributed by atoms with Crippen molar-refractivity contribution in [3.05, 3.63) is 59.2 Å². The molecule has 5 aliphatic rings. The van der Waals surface area contributed by atoms with Crippen LogP contribution >= 0.6 is 0 Å². The number of hydrogen-bond donors (Lipinski definition) is 1. The molecule has 8 heteroatoms. The smallest absolute Gasteiger partial charge is 0.218 e. The van der Waals surface area contributed by atoms with Crippen LogP contribution in [-0.2, 0) is 27.6 Å². The molecule has 2 aromatic carbocycles. The van der Waals surface area contributed by atoms with E-state index in [1.165, 1.54) is 18.4 Å². The van der Waals surface area contributed by atoms with Crippen LogP contribution in [0.4, 0.5) is 0 Å². The summed E-state index contributed by atoms with van der Waals surface area (Å²) in [7, 11) is -2.00. The minimum absolute atomic E-state index is 0.0141. The molecular weight excluding hydrogens is 524 g/mol. The van der Waals surface area contributed by atoms with Gasteiger partial charge in [-0.1, -0.05) is 50.2 Å². The van der Waals surface area contributed by atoms with Crippen molar-refractivity contribution in [1.82, 2.24) is 9.21 Å². The summed E-state index contributed by atoms with van der Waals surface area (Å²) in [5.74, 6) is 2.24. The van der Waals surface area contributed by atoms with Gasteiger partial charge in [0.1, 0.15) is 6.10 Å². The van der Waals surface area contributed by atoms with E-state index < -0.39 is 27.1 Å². The van der Waals surface area contributed by atoms with Crippen LogP contribution in [0.15, 0.2) is 42.5 Å². The van der Waals surface area contributed by atoms with Crippen LogP contribution in [0.5, 0.6) is 11.5 Å². The van der Waals surface area contributed by atoms with E-state index in [0.717, 1.165) is 48.7 Å². The predicted octanol–water partition coefficient (Wildman–Crippen LogP) is 4.12. The molecule has 5 atom stereocenters. The van der Waals surface area contributed by atoms with Crippen LogP contribution in [0.1, 0.15) is 62.6 Å². The molecule has 2 heterocycles. The van der Waals surface area contributed by atoms with Gasteiger partial charge in [-0.05, 0) is 74.1 Å². The summed E-state index contributed by atoms with van der Waals surface area (Å²) in [6.45, 7) is 6.50. The van der Waals surface area contributed by atoms with Gasteiger partial charge < -0.3 is 14.6 Å². The molecule has 0 radical (unpaired) electrons. The number of piperidine rings is 1. The maximum atomic E-state index is 14.2. The van der Waals surface area contributed by atoms with Crippen LogP contribution in [0.2, 0.25) is 0 Å². The first-order valence-corrected chi connectivity index (χ1v) is 16.7. The molecule has 1 N–H and O–H groups in total. The molecule has 2 unspecified atom stereocenters. The molecule has 1 saturated heterocycles. The second kappa shape index (κ2) is 9.45. The van der Waals surface area contributed by atoms with Crippen molar-refractivity contribution in [2.75, 3.05) is 26.7 Å². The first-order valence-electron chi connectivity index (χ1n) is 15.0. The van der Waals surface area contributed by atoms with Gasteiger partial charge in [0.15, 0.2) is 11.5 Å². The molecule has 7 rings (SSSR count). The van der Waals surface area contributed by atoms with Crippen LogP contribution in [0.3, 0.4) is 0 Å². The fraction of sp³-hybridized carbons (Fsp3) is 0.625. The van der Waals surface area contributed by atoms with Crippen molar-refractivity contribution in [2.45, 2.75) is 87.3 Å². The van der Waals surface area contributed by atoms with E-state index in [1.807, 2.05) is 36.4 Å². The maximum absolute atomic E-state index is 14.2. The largest absolute Gasteiger partial charge is 0.493 e. The second-order valence-electron chi connectivity index (χ2n) is 13.3. The van der Waals surface area contributed by atoms with Crippen molar-refractivity contribution in [3.63, 3.8) is 0 Å². The molecule has 2 aliphatic heterocycles. The van der Waals surface area contributed by atoms with Crippen LogP contribution in [-0.4, -0.2) is 73.3 Å². The van der Waals surface area contributed by atoms with Gasteiger partial charge >= 0.3 is 0 Å². The fourth-order valence-corrected chi connectivity index (χ4v) is 10.5. The summed E-state index contributed by atoms with van der Waals surface area (Å²) < 4.78 is 42.8. The molecule has 0 amide bonds. The zero-order valence-corrected chi connectivity index (χ0v) is 24.7. The number of aliphatic hydroxyl groups is 1. The summed E-state index contributed by atoms with van der Waals surface area (Å²) in [6, 6.07) is 13.2. The molecular formula is C32H42N2O5S. The average Bonchev–Trinajstić information content (AvgIpc) is 3.66.